The van der Waals surface area contributed by atoms with Gasteiger partial charge in [0.05, 0.1) is 0 Å². The molecule has 206 valence electrons. The molecule has 9 aromatic rings. The molecule has 0 saturated carbocycles. The van der Waals surface area contributed by atoms with Crippen LogP contribution in [0.4, 0.5) is 0 Å². The molecular weight excluding hydrogens is 532 g/mol. The Kier molecular flexibility index (Phi) is 4.58. The molecule has 10 rings (SSSR count). The summed E-state index contributed by atoms with van der Waals surface area (Å²) in [6.07, 6.45) is 0. The van der Waals surface area contributed by atoms with Crippen LogP contribution in [0.2, 0.25) is 0 Å². The second-order valence-corrected chi connectivity index (χ2v) is 12.8. The van der Waals surface area contributed by atoms with Crippen LogP contribution in [-0.2, 0) is 5.41 Å². The molecule has 0 spiro atoms. The minimum Gasteiger partial charge on any atom is -0.456 e. The second kappa shape index (κ2) is 8.36. The third-order valence-corrected chi connectivity index (χ3v) is 10.2. The molecule has 0 radical (unpaired) electrons. The Morgan fingerprint density at radius 3 is 1.73 bits per heavy atom. The Bertz CT molecular complexity index is 2570. The van der Waals surface area contributed by atoms with Gasteiger partial charge in [-0.05, 0) is 95.0 Å². The van der Waals surface area contributed by atoms with Gasteiger partial charge in [0.15, 0.2) is 0 Å². The number of hydrogen-bond donors (Lipinski definition) is 0. The van der Waals surface area contributed by atoms with E-state index in [4.69, 9.17) is 4.42 Å². The molecule has 0 unspecified atom stereocenters. The molecular formula is C43H28O. The highest BCUT2D eigenvalue weighted by molar-refractivity contribution is 6.29. The van der Waals surface area contributed by atoms with Crippen molar-refractivity contribution in [1.29, 1.82) is 0 Å². The summed E-state index contributed by atoms with van der Waals surface area (Å²) in [5, 5.41) is 9.99. The van der Waals surface area contributed by atoms with E-state index in [1.807, 2.05) is 0 Å². The van der Waals surface area contributed by atoms with E-state index in [1.54, 1.807) is 0 Å². The Morgan fingerprint density at radius 1 is 0.386 bits per heavy atom. The van der Waals surface area contributed by atoms with Crippen LogP contribution < -0.4 is 0 Å². The van der Waals surface area contributed by atoms with Crippen LogP contribution in [0.25, 0.3) is 87.6 Å². The maximum Gasteiger partial charge on any atom is 0.136 e. The highest BCUT2D eigenvalue weighted by Crippen LogP contribution is 2.55. The number of fused-ring (bicyclic) bond motifs is 5. The number of benzene rings is 8. The zero-order chi connectivity index (χ0) is 29.2. The van der Waals surface area contributed by atoms with Crippen molar-refractivity contribution in [2.24, 2.45) is 0 Å². The lowest BCUT2D eigenvalue weighted by Gasteiger charge is -2.23. The fourth-order valence-electron chi connectivity index (χ4n) is 8.34. The molecule has 0 fully saturated rings. The average Bonchev–Trinajstić information content (AvgIpc) is 3.56. The molecule has 1 heteroatoms. The van der Waals surface area contributed by atoms with Crippen molar-refractivity contribution in [3.05, 3.63) is 145 Å². The van der Waals surface area contributed by atoms with Crippen molar-refractivity contribution < 1.29 is 4.42 Å². The summed E-state index contributed by atoms with van der Waals surface area (Å²) in [5.74, 6) is 0. The van der Waals surface area contributed by atoms with Crippen LogP contribution in [-0.4, -0.2) is 0 Å². The summed E-state index contributed by atoms with van der Waals surface area (Å²) < 4.78 is 6.34. The van der Waals surface area contributed by atoms with Gasteiger partial charge >= 0.3 is 0 Å². The Morgan fingerprint density at radius 2 is 0.977 bits per heavy atom. The average molecular weight is 561 g/mol. The lowest BCUT2D eigenvalue weighted by molar-refractivity contribution is 0.660. The van der Waals surface area contributed by atoms with E-state index in [0.717, 1.165) is 11.2 Å². The first-order chi connectivity index (χ1) is 21.6. The third-order valence-electron chi connectivity index (χ3n) is 10.2. The van der Waals surface area contributed by atoms with Crippen molar-refractivity contribution in [3.8, 4) is 33.4 Å². The van der Waals surface area contributed by atoms with Crippen LogP contribution >= 0.6 is 0 Å². The second-order valence-electron chi connectivity index (χ2n) is 12.8. The SMILES string of the molecule is CC1(C)c2ccccc2-c2c(-c3c4ccccc4c(-c4ccc5oc6cccc7ccc4c5c76)c4ccccc34)cccc21. The van der Waals surface area contributed by atoms with Gasteiger partial charge in [0.25, 0.3) is 0 Å². The normalized spacial score (nSPS) is 13.9. The molecule has 1 nitrogen and oxygen atoms in total. The fourth-order valence-corrected chi connectivity index (χ4v) is 8.34. The summed E-state index contributed by atoms with van der Waals surface area (Å²) in [4.78, 5) is 0. The van der Waals surface area contributed by atoms with E-state index in [-0.39, 0.29) is 5.41 Å². The van der Waals surface area contributed by atoms with Crippen LogP contribution in [0.15, 0.2) is 138 Å². The number of rotatable bonds is 2. The lowest BCUT2D eigenvalue weighted by atomic mass is 9.80. The summed E-state index contributed by atoms with van der Waals surface area (Å²) in [6.45, 7) is 4.72. The minimum absolute atomic E-state index is 0.0515. The van der Waals surface area contributed by atoms with Gasteiger partial charge in [-0.3, -0.25) is 0 Å². The van der Waals surface area contributed by atoms with Crippen molar-refractivity contribution in [3.63, 3.8) is 0 Å². The standard InChI is InChI=1S/C43H28O/c1-43(2)34-18-8-7-16-32(34)41-33(17-10-19-35(41)43)40-28-14-5-3-12-26(28)39(27-13-4-6-15-29(27)40)30-23-24-37-42-31(30)22-21-25-11-9-20-36(44-37)38(25)42/h3-24H,1-2H3. The lowest BCUT2D eigenvalue weighted by Crippen LogP contribution is -2.14. The van der Waals surface area contributed by atoms with Crippen LogP contribution in [0.1, 0.15) is 25.0 Å². The Hall–Kier alpha value is -5.40. The predicted octanol–water partition coefficient (Wildman–Crippen LogP) is 12.1. The van der Waals surface area contributed by atoms with Crippen LogP contribution in [0.3, 0.4) is 0 Å². The van der Waals surface area contributed by atoms with E-state index in [9.17, 15) is 0 Å². The monoisotopic (exact) mass is 560 g/mol. The molecule has 0 bridgehead atoms. The quantitative estimate of drug-likeness (QED) is 0.151. The van der Waals surface area contributed by atoms with Crippen LogP contribution in [0, 0.1) is 0 Å². The molecule has 1 aromatic heterocycles. The zero-order valence-corrected chi connectivity index (χ0v) is 24.6. The van der Waals surface area contributed by atoms with E-state index >= 15 is 0 Å². The van der Waals surface area contributed by atoms with Gasteiger partial charge < -0.3 is 4.42 Å². The van der Waals surface area contributed by atoms with Gasteiger partial charge in [-0.25, -0.2) is 0 Å². The molecule has 1 aliphatic carbocycles. The highest BCUT2D eigenvalue weighted by Gasteiger charge is 2.37. The molecule has 1 heterocycles. The molecule has 0 N–H and O–H groups in total. The van der Waals surface area contributed by atoms with Gasteiger partial charge in [-0.1, -0.05) is 129 Å². The van der Waals surface area contributed by atoms with Gasteiger partial charge in [0, 0.05) is 16.2 Å². The van der Waals surface area contributed by atoms with Crippen molar-refractivity contribution in [2.45, 2.75) is 19.3 Å². The smallest absolute Gasteiger partial charge is 0.136 e. The van der Waals surface area contributed by atoms with Gasteiger partial charge in [0.1, 0.15) is 11.2 Å². The van der Waals surface area contributed by atoms with Crippen LogP contribution in [0.5, 0.6) is 0 Å². The van der Waals surface area contributed by atoms with Gasteiger partial charge in [-0.2, -0.15) is 0 Å². The Labute approximate surface area is 255 Å². The van der Waals surface area contributed by atoms with Gasteiger partial charge in [0.2, 0.25) is 0 Å². The molecule has 8 aromatic carbocycles. The fraction of sp³-hybridized carbons (Fsp3) is 0.0698. The first-order valence-corrected chi connectivity index (χ1v) is 15.4. The number of hydrogen-bond acceptors (Lipinski definition) is 1. The third kappa shape index (κ3) is 2.94. The van der Waals surface area contributed by atoms with Crippen molar-refractivity contribution in [1.82, 2.24) is 0 Å². The van der Waals surface area contributed by atoms with E-state index < -0.39 is 0 Å². The topological polar surface area (TPSA) is 13.1 Å². The zero-order valence-electron chi connectivity index (χ0n) is 24.6. The largest absolute Gasteiger partial charge is 0.456 e. The van der Waals surface area contributed by atoms with Crippen molar-refractivity contribution >= 4 is 54.3 Å². The van der Waals surface area contributed by atoms with E-state index in [1.165, 1.54) is 87.6 Å². The summed E-state index contributed by atoms with van der Waals surface area (Å²) in [7, 11) is 0. The molecule has 0 amide bonds. The minimum atomic E-state index is -0.0515. The van der Waals surface area contributed by atoms with E-state index in [0.29, 0.717) is 0 Å². The number of furan rings is 1. The molecule has 44 heavy (non-hydrogen) atoms. The summed E-state index contributed by atoms with van der Waals surface area (Å²) in [6, 6.07) is 49.2. The highest BCUT2D eigenvalue weighted by atomic mass is 16.3. The molecule has 0 saturated heterocycles. The Balaban J connectivity index is 1.36. The predicted molar refractivity (Wildman–Crippen MR) is 186 cm³/mol. The molecule has 1 aliphatic rings. The first-order valence-electron chi connectivity index (χ1n) is 15.4. The van der Waals surface area contributed by atoms with Gasteiger partial charge in [-0.15, -0.1) is 0 Å². The summed E-state index contributed by atoms with van der Waals surface area (Å²) >= 11 is 0. The molecule has 0 atom stereocenters. The maximum atomic E-state index is 6.34. The first kappa shape index (κ1) is 24.1. The summed E-state index contributed by atoms with van der Waals surface area (Å²) in [5.41, 5.74) is 12.5. The van der Waals surface area contributed by atoms with E-state index in [2.05, 4.69) is 147 Å². The van der Waals surface area contributed by atoms with Crippen molar-refractivity contribution in [2.75, 3.05) is 0 Å². The molecule has 0 aliphatic heterocycles. The maximum absolute atomic E-state index is 6.34.